The summed E-state index contributed by atoms with van der Waals surface area (Å²) in [7, 11) is 0. The van der Waals surface area contributed by atoms with Gasteiger partial charge in [0.25, 0.3) is 0 Å². The van der Waals surface area contributed by atoms with Crippen molar-refractivity contribution in [3.05, 3.63) is 42.5 Å². The third-order valence-corrected chi connectivity index (χ3v) is 3.82. The number of likely N-dealkylation sites (tertiary alicyclic amines) is 1. The Morgan fingerprint density at radius 3 is 2.81 bits per heavy atom. The summed E-state index contributed by atoms with van der Waals surface area (Å²) in [6.45, 7) is 6.25. The molecule has 0 spiro atoms. The minimum atomic E-state index is -0.157. The smallest absolute Gasteiger partial charge is 0.224 e. The van der Waals surface area contributed by atoms with Crippen LogP contribution in [0.1, 0.15) is 31.2 Å². The highest BCUT2D eigenvalue weighted by atomic mass is 16.3. The van der Waals surface area contributed by atoms with E-state index in [9.17, 15) is 9.90 Å². The zero-order chi connectivity index (χ0) is 15.1. The summed E-state index contributed by atoms with van der Waals surface area (Å²) in [5.41, 5.74) is 2.01. The van der Waals surface area contributed by atoms with E-state index in [1.54, 1.807) is 6.08 Å². The number of nitrogens with one attached hydrogen (secondary N) is 1. The van der Waals surface area contributed by atoms with Crippen LogP contribution in [0.2, 0.25) is 0 Å². The van der Waals surface area contributed by atoms with E-state index in [1.165, 1.54) is 0 Å². The van der Waals surface area contributed by atoms with Gasteiger partial charge in [-0.1, -0.05) is 24.3 Å². The van der Waals surface area contributed by atoms with Crippen LogP contribution < -0.4 is 5.32 Å². The Morgan fingerprint density at radius 2 is 2.10 bits per heavy atom. The molecule has 2 rings (SSSR count). The highest BCUT2D eigenvalue weighted by molar-refractivity contribution is 5.91. The van der Waals surface area contributed by atoms with Crippen molar-refractivity contribution < 1.29 is 9.90 Å². The number of carbonyl (C=O) groups excluding carboxylic acids is 1. The van der Waals surface area contributed by atoms with E-state index >= 15 is 0 Å². The quantitative estimate of drug-likeness (QED) is 0.791. The number of anilines is 1. The first kappa shape index (κ1) is 15.7. The number of amides is 1. The predicted octanol–water partition coefficient (Wildman–Crippen LogP) is 2.55. The Labute approximate surface area is 126 Å². The van der Waals surface area contributed by atoms with Gasteiger partial charge in [0.05, 0.1) is 6.10 Å². The number of aliphatic hydroxyl groups excluding tert-OH is 1. The van der Waals surface area contributed by atoms with E-state index in [1.807, 2.05) is 24.3 Å². The molecule has 0 radical (unpaired) electrons. The van der Waals surface area contributed by atoms with Crippen molar-refractivity contribution >= 4 is 11.6 Å². The average Bonchev–Trinajstić information content (AvgIpc) is 2.49. The van der Waals surface area contributed by atoms with E-state index < -0.39 is 0 Å². The molecule has 114 valence electrons. The summed E-state index contributed by atoms with van der Waals surface area (Å²) >= 11 is 0. The number of nitrogens with zero attached hydrogens (tertiary/aromatic N) is 1. The Hall–Kier alpha value is -1.65. The van der Waals surface area contributed by atoms with E-state index in [-0.39, 0.29) is 12.0 Å². The Kier molecular flexibility index (Phi) is 5.96. The average molecular weight is 288 g/mol. The van der Waals surface area contributed by atoms with Crippen LogP contribution in [0.4, 0.5) is 5.69 Å². The fourth-order valence-electron chi connectivity index (χ4n) is 2.54. The first-order chi connectivity index (χ1) is 10.2. The summed E-state index contributed by atoms with van der Waals surface area (Å²) in [5, 5.41) is 12.5. The molecule has 0 aromatic heterocycles. The van der Waals surface area contributed by atoms with Crippen molar-refractivity contribution in [1.29, 1.82) is 0 Å². The minimum Gasteiger partial charge on any atom is -0.393 e. The van der Waals surface area contributed by atoms with Gasteiger partial charge in [-0.05, 0) is 30.9 Å². The molecule has 0 unspecified atom stereocenters. The number of allylic oxidation sites excluding steroid dienone is 1. The Balaban J connectivity index is 1.96. The molecular formula is C17H24N2O2. The molecule has 1 heterocycles. The largest absolute Gasteiger partial charge is 0.393 e. The first-order valence-corrected chi connectivity index (χ1v) is 7.58. The van der Waals surface area contributed by atoms with Crippen molar-refractivity contribution in [2.75, 3.05) is 18.4 Å². The predicted molar refractivity (Wildman–Crippen MR) is 85.0 cm³/mol. The van der Waals surface area contributed by atoms with Crippen molar-refractivity contribution in [2.45, 2.75) is 38.3 Å². The molecule has 1 saturated heterocycles. The maximum atomic E-state index is 11.9. The molecule has 1 fully saturated rings. The van der Waals surface area contributed by atoms with Crippen LogP contribution in [0.15, 0.2) is 36.9 Å². The molecule has 0 bridgehead atoms. The molecule has 1 aromatic rings. The van der Waals surface area contributed by atoms with Gasteiger partial charge in [-0.3, -0.25) is 9.69 Å². The number of hydrogen-bond donors (Lipinski definition) is 2. The molecule has 1 aromatic carbocycles. The summed E-state index contributed by atoms with van der Waals surface area (Å²) < 4.78 is 0. The second-order valence-corrected chi connectivity index (χ2v) is 5.54. The van der Waals surface area contributed by atoms with E-state index in [0.717, 1.165) is 43.7 Å². The van der Waals surface area contributed by atoms with Crippen LogP contribution in [0, 0.1) is 0 Å². The van der Waals surface area contributed by atoms with Crippen LogP contribution in [-0.4, -0.2) is 35.1 Å². The van der Waals surface area contributed by atoms with Gasteiger partial charge in [-0.2, -0.15) is 0 Å². The topological polar surface area (TPSA) is 52.6 Å². The van der Waals surface area contributed by atoms with Crippen LogP contribution in [0.3, 0.4) is 0 Å². The highest BCUT2D eigenvalue weighted by Gasteiger charge is 2.18. The van der Waals surface area contributed by atoms with Gasteiger partial charge >= 0.3 is 0 Å². The summed E-state index contributed by atoms with van der Waals surface area (Å²) in [6.07, 6.45) is 4.41. The Bertz CT molecular complexity index is 479. The maximum absolute atomic E-state index is 11.9. The molecule has 4 nitrogen and oxygen atoms in total. The molecule has 0 saturated carbocycles. The number of hydrogen-bond acceptors (Lipinski definition) is 3. The second-order valence-electron chi connectivity index (χ2n) is 5.54. The normalized spacial score (nSPS) is 16.6. The van der Waals surface area contributed by atoms with E-state index in [0.29, 0.717) is 12.8 Å². The second kappa shape index (κ2) is 7.96. The SMILES string of the molecule is C=CCCC(=O)Nc1ccccc1CN1CCC(O)CC1. The molecule has 4 heteroatoms. The number of aliphatic hydroxyl groups is 1. The lowest BCUT2D eigenvalue weighted by atomic mass is 10.1. The van der Waals surface area contributed by atoms with Gasteiger partial charge in [-0.25, -0.2) is 0 Å². The van der Waals surface area contributed by atoms with Gasteiger partial charge in [0.2, 0.25) is 5.91 Å². The van der Waals surface area contributed by atoms with E-state index in [2.05, 4.69) is 16.8 Å². The van der Waals surface area contributed by atoms with Gasteiger partial charge < -0.3 is 10.4 Å². The fraction of sp³-hybridized carbons (Fsp3) is 0.471. The van der Waals surface area contributed by atoms with Crippen LogP contribution in [-0.2, 0) is 11.3 Å². The molecule has 21 heavy (non-hydrogen) atoms. The molecule has 1 aliphatic rings. The number of para-hydroxylation sites is 1. The van der Waals surface area contributed by atoms with Crippen molar-refractivity contribution in [1.82, 2.24) is 4.90 Å². The number of benzene rings is 1. The van der Waals surface area contributed by atoms with E-state index in [4.69, 9.17) is 0 Å². The van der Waals surface area contributed by atoms with Gasteiger partial charge in [-0.15, -0.1) is 6.58 Å². The lowest BCUT2D eigenvalue weighted by molar-refractivity contribution is -0.116. The maximum Gasteiger partial charge on any atom is 0.224 e. The van der Waals surface area contributed by atoms with Gasteiger partial charge in [0.1, 0.15) is 0 Å². The highest BCUT2D eigenvalue weighted by Crippen LogP contribution is 2.20. The Morgan fingerprint density at radius 1 is 1.38 bits per heavy atom. The zero-order valence-electron chi connectivity index (χ0n) is 12.4. The summed E-state index contributed by atoms with van der Waals surface area (Å²) in [5.74, 6) is 0.0245. The molecular weight excluding hydrogens is 264 g/mol. The summed E-state index contributed by atoms with van der Waals surface area (Å²) in [6, 6.07) is 7.92. The molecule has 0 atom stereocenters. The summed E-state index contributed by atoms with van der Waals surface area (Å²) in [4.78, 5) is 14.2. The van der Waals surface area contributed by atoms with Crippen molar-refractivity contribution in [3.8, 4) is 0 Å². The fourth-order valence-corrected chi connectivity index (χ4v) is 2.54. The third kappa shape index (κ3) is 4.99. The van der Waals surface area contributed by atoms with Crippen LogP contribution >= 0.6 is 0 Å². The molecule has 2 N–H and O–H groups in total. The monoisotopic (exact) mass is 288 g/mol. The zero-order valence-corrected chi connectivity index (χ0v) is 12.4. The molecule has 1 aliphatic heterocycles. The van der Waals surface area contributed by atoms with Crippen molar-refractivity contribution in [3.63, 3.8) is 0 Å². The lowest BCUT2D eigenvalue weighted by Crippen LogP contribution is -2.35. The minimum absolute atomic E-state index is 0.0245. The molecule has 1 amide bonds. The first-order valence-electron chi connectivity index (χ1n) is 7.58. The van der Waals surface area contributed by atoms with Gasteiger partial charge in [0, 0.05) is 31.7 Å². The standard InChI is InChI=1S/C17H24N2O2/c1-2-3-8-17(21)18-16-7-5-4-6-14(16)13-19-11-9-15(20)10-12-19/h2,4-7,15,20H,1,3,8-13H2,(H,18,21). The number of rotatable bonds is 6. The van der Waals surface area contributed by atoms with Crippen molar-refractivity contribution in [2.24, 2.45) is 0 Å². The van der Waals surface area contributed by atoms with Crippen LogP contribution in [0.25, 0.3) is 0 Å². The number of piperidine rings is 1. The van der Waals surface area contributed by atoms with Crippen LogP contribution in [0.5, 0.6) is 0 Å². The lowest BCUT2D eigenvalue weighted by Gasteiger charge is -2.30. The molecule has 0 aliphatic carbocycles. The number of carbonyl (C=O) groups is 1. The third-order valence-electron chi connectivity index (χ3n) is 3.82. The van der Waals surface area contributed by atoms with Gasteiger partial charge in [0.15, 0.2) is 0 Å².